The van der Waals surface area contributed by atoms with Gasteiger partial charge in [0.15, 0.2) is 0 Å². The lowest BCUT2D eigenvalue weighted by atomic mass is 9.99. The van der Waals surface area contributed by atoms with Crippen molar-refractivity contribution in [2.24, 2.45) is 5.73 Å². The van der Waals surface area contributed by atoms with Crippen molar-refractivity contribution in [2.75, 3.05) is 13.1 Å². The molecule has 0 aliphatic heterocycles. The molecule has 4 amide bonds. The summed E-state index contributed by atoms with van der Waals surface area (Å²) in [4.78, 5) is 53.7. The number of amides is 4. The molecule has 1 rings (SSSR count). The number of carbonyl (C=O) groups excluding carboxylic acids is 4. The second-order valence-electron chi connectivity index (χ2n) is 11.5. The number of rotatable bonds is 18. The number of hydrogen-bond acceptors (Lipinski definition) is 5. The molecule has 9 heteroatoms. The van der Waals surface area contributed by atoms with Crippen molar-refractivity contribution in [3.63, 3.8) is 0 Å². The van der Waals surface area contributed by atoms with Gasteiger partial charge in [0.25, 0.3) is 0 Å². The van der Waals surface area contributed by atoms with Crippen molar-refractivity contribution in [1.82, 2.24) is 15.5 Å². The van der Waals surface area contributed by atoms with Crippen LogP contribution >= 0.6 is 0 Å². The average Bonchev–Trinajstić information content (AvgIpc) is 2.87. The number of nitrogens with zero attached hydrogens (tertiary/aromatic N) is 1. The first-order chi connectivity index (χ1) is 18.9. The van der Waals surface area contributed by atoms with Crippen LogP contribution in [0, 0.1) is 6.92 Å². The van der Waals surface area contributed by atoms with Crippen LogP contribution in [-0.4, -0.2) is 53.4 Å². The van der Waals surface area contributed by atoms with E-state index in [0.29, 0.717) is 25.1 Å². The second kappa shape index (κ2) is 18.3. The van der Waals surface area contributed by atoms with Crippen LogP contribution in [0.2, 0.25) is 0 Å². The zero-order valence-corrected chi connectivity index (χ0v) is 25.5. The second-order valence-corrected chi connectivity index (χ2v) is 11.5. The molecule has 1 aromatic rings. The van der Waals surface area contributed by atoms with Gasteiger partial charge in [-0.3, -0.25) is 14.4 Å². The molecule has 0 saturated heterocycles. The molecule has 226 valence electrons. The van der Waals surface area contributed by atoms with Gasteiger partial charge in [-0.25, -0.2) is 4.79 Å². The van der Waals surface area contributed by atoms with Crippen LogP contribution in [0.1, 0.15) is 116 Å². The molecule has 0 aliphatic carbocycles. The predicted molar refractivity (Wildman–Crippen MR) is 159 cm³/mol. The molecule has 0 fully saturated rings. The minimum atomic E-state index is -1.08. The zero-order chi connectivity index (χ0) is 30.1. The summed E-state index contributed by atoms with van der Waals surface area (Å²) in [7, 11) is 0. The Balaban J connectivity index is 3.41. The van der Waals surface area contributed by atoms with Gasteiger partial charge in [-0.15, -0.1) is 0 Å². The van der Waals surface area contributed by atoms with Gasteiger partial charge in [0.2, 0.25) is 17.7 Å². The van der Waals surface area contributed by atoms with Crippen molar-refractivity contribution >= 4 is 23.8 Å². The van der Waals surface area contributed by atoms with Gasteiger partial charge >= 0.3 is 6.09 Å². The number of alkyl carbamates (subject to hydrolysis) is 1. The number of unbranched alkanes of at least 4 members (excludes halogenated alkanes) is 6. The highest BCUT2D eigenvalue weighted by atomic mass is 16.6. The van der Waals surface area contributed by atoms with Gasteiger partial charge in [-0.1, -0.05) is 82.2 Å². The highest BCUT2D eigenvalue weighted by molar-refractivity contribution is 5.92. The molecule has 0 bridgehead atoms. The maximum atomic E-state index is 14.2. The fourth-order valence-electron chi connectivity index (χ4n) is 4.33. The van der Waals surface area contributed by atoms with E-state index in [1.165, 1.54) is 0 Å². The minimum absolute atomic E-state index is 0.00151. The first kappa shape index (κ1) is 34.9. The minimum Gasteiger partial charge on any atom is -0.444 e. The third-order valence-corrected chi connectivity index (χ3v) is 6.49. The standard InChI is InChI=1S/C31H52N4O5/c1-7-9-11-12-13-14-22-35(27(28(37)33-21-10-8-2)24-17-15-23(3)16-18-24)29(38)25(19-20-26(32)36)34-30(39)40-31(4,5)6/h15-18,25,27H,7-14,19-22H2,1-6H3,(H2,32,36)(H,33,37)(H,34,39). The van der Waals surface area contributed by atoms with Gasteiger partial charge < -0.3 is 26.0 Å². The summed E-state index contributed by atoms with van der Waals surface area (Å²) in [5, 5.41) is 5.63. The number of nitrogens with one attached hydrogen (secondary N) is 2. The first-order valence-corrected chi connectivity index (χ1v) is 14.8. The van der Waals surface area contributed by atoms with Crippen LogP contribution in [0.25, 0.3) is 0 Å². The Bertz CT molecular complexity index is 927. The van der Waals surface area contributed by atoms with Gasteiger partial charge in [0.1, 0.15) is 17.7 Å². The van der Waals surface area contributed by atoms with E-state index in [4.69, 9.17) is 10.5 Å². The normalized spacial score (nSPS) is 12.8. The summed E-state index contributed by atoms with van der Waals surface area (Å²) in [6.45, 7) is 12.2. The van der Waals surface area contributed by atoms with Crippen LogP contribution in [0.5, 0.6) is 0 Å². The molecule has 4 N–H and O–H groups in total. The number of hydrogen-bond donors (Lipinski definition) is 3. The highest BCUT2D eigenvalue weighted by Gasteiger charge is 2.36. The molecular weight excluding hydrogens is 508 g/mol. The van der Waals surface area contributed by atoms with Gasteiger partial charge in [-0.2, -0.15) is 0 Å². The Morgan fingerprint density at radius 1 is 0.925 bits per heavy atom. The lowest BCUT2D eigenvalue weighted by Gasteiger charge is -2.34. The third-order valence-electron chi connectivity index (χ3n) is 6.49. The quantitative estimate of drug-likeness (QED) is 0.210. The van der Waals surface area contributed by atoms with Crippen molar-refractivity contribution in [3.8, 4) is 0 Å². The van der Waals surface area contributed by atoms with E-state index in [9.17, 15) is 19.2 Å². The largest absolute Gasteiger partial charge is 0.444 e. The van der Waals surface area contributed by atoms with Gasteiger partial charge in [0.05, 0.1) is 0 Å². The van der Waals surface area contributed by atoms with Crippen LogP contribution in [0.3, 0.4) is 0 Å². The maximum Gasteiger partial charge on any atom is 0.408 e. The number of nitrogens with two attached hydrogens (primary N) is 1. The summed E-state index contributed by atoms with van der Waals surface area (Å²) < 4.78 is 5.40. The maximum absolute atomic E-state index is 14.2. The Kier molecular flexibility index (Phi) is 16.0. The van der Waals surface area contributed by atoms with E-state index < -0.39 is 35.6 Å². The lowest BCUT2D eigenvalue weighted by Crippen LogP contribution is -2.53. The van der Waals surface area contributed by atoms with Gasteiger partial charge in [0, 0.05) is 19.5 Å². The number of aryl methyl sites for hydroxylation is 1. The summed E-state index contributed by atoms with van der Waals surface area (Å²) in [5.74, 6) is -1.31. The molecule has 0 aliphatic rings. The summed E-state index contributed by atoms with van der Waals surface area (Å²) in [5.41, 5.74) is 6.34. The molecule has 0 heterocycles. The molecule has 0 spiro atoms. The van der Waals surface area contributed by atoms with Crippen LogP contribution in [0.15, 0.2) is 24.3 Å². The third kappa shape index (κ3) is 13.8. The molecule has 1 aromatic carbocycles. The lowest BCUT2D eigenvalue weighted by molar-refractivity contribution is -0.142. The molecule has 40 heavy (non-hydrogen) atoms. The van der Waals surface area contributed by atoms with Gasteiger partial charge in [-0.05, 0) is 52.5 Å². The molecule has 0 aromatic heterocycles. The summed E-state index contributed by atoms with van der Waals surface area (Å²) in [6, 6.07) is 5.58. The molecule has 9 nitrogen and oxygen atoms in total. The molecule has 0 saturated carbocycles. The van der Waals surface area contributed by atoms with Crippen molar-refractivity contribution in [2.45, 2.75) is 123 Å². The zero-order valence-electron chi connectivity index (χ0n) is 25.5. The number of primary amides is 1. The van der Waals surface area contributed by atoms with E-state index in [0.717, 1.165) is 50.5 Å². The van der Waals surface area contributed by atoms with Crippen LogP contribution < -0.4 is 16.4 Å². The fraction of sp³-hybridized carbons (Fsp3) is 0.677. The molecular formula is C31H52N4O5. The smallest absolute Gasteiger partial charge is 0.408 e. The van der Waals surface area contributed by atoms with Crippen molar-refractivity contribution < 1.29 is 23.9 Å². The fourth-order valence-corrected chi connectivity index (χ4v) is 4.33. The topological polar surface area (TPSA) is 131 Å². The number of ether oxygens (including phenoxy) is 1. The Hall–Kier alpha value is -3.10. The van der Waals surface area contributed by atoms with Crippen molar-refractivity contribution in [3.05, 3.63) is 35.4 Å². The Morgan fingerprint density at radius 2 is 1.52 bits per heavy atom. The van der Waals surface area contributed by atoms with E-state index in [2.05, 4.69) is 17.6 Å². The number of benzene rings is 1. The predicted octanol–water partition coefficient (Wildman–Crippen LogP) is 5.30. The molecule has 2 unspecified atom stereocenters. The first-order valence-electron chi connectivity index (χ1n) is 14.8. The van der Waals surface area contributed by atoms with Crippen molar-refractivity contribution in [1.29, 1.82) is 0 Å². The van der Waals surface area contributed by atoms with E-state index in [1.54, 1.807) is 25.7 Å². The monoisotopic (exact) mass is 560 g/mol. The summed E-state index contributed by atoms with van der Waals surface area (Å²) >= 11 is 0. The van der Waals surface area contributed by atoms with E-state index in [-0.39, 0.29) is 18.7 Å². The molecule has 0 radical (unpaired) electrons. The van der Waals surface area contributed by atoms with E-state index >= 15 is 0 Å². The summed E-state index contributed by atoms with van der Waals surface area (Å²) in [6.07, 6.45) is 6.92. The average molecular weight is 561 g/mol. The molecule has 2 atom stereocenters. The van der Waals surface area contributed by atoms with Crippen LogP contribution in [0.4, 0.5) is 4.79 Å². The van der Waals surface area contributed by atoms with E-state index in [1.807, 2.05) is 38.1 Å². The van der Waals surface area contributed by atoms with Crippen LogP contribution in [-0.2, 0) is 19.1 Å². The Morgan fingerprint density at radius 3 is 2.10 bits per heavy atom. The SMILES string of the molecule is CCCCCCCCN(C(=O)C(CCC(N)=O)NC(=O)OC(C)(C)C)C(C(=O)NCCCC)c1ccc(C)cc1. The highest BCUT2D eigenvalue weighted by Crippen LogP contribution is 2.25. The Labute approximate surface area is 241 Å². The number of carbonyl (C=O) groups is 4.